The van der Waals surface area contributed by atoms with E-state index in [1.807, 2.05) is 19.1 Å². The number of benzene rings is 1. The first-order valence-corrected chi connectivity index (χ1v) is 8.08. The predicted molar refractivity (Wildman–Crippen MR) is 61.3 cm³/mol. The van der Waals surface area contributed by atoms with Crippen molar-refractivity contribution in [2.75, 3.05) is 13.4 Å². The average Bonchev–Trinajstić information content (AvgIpc) is 2.63. The smallest absolute Gasteiger partial charge is 0.231 e. The minimum Gasteiger partial charge on any atom is -0.454 e. The van der Waals surface area contributed by atoms with Crippen LogP contribution in [0.3, 0.4) is 0 Å². The summed E-state index contributed by atoms with van der Waals surface area (Å²) in [5, 5.41) is 1.24. The van der Waals surface area contributed by atoms with E-state index in [2.05, 4.69) is 19.2 Å². The molecule has 0 unspecified atom stereocenters. The van der Waals surface area contributed by atoms with Gasteiger partial charge in [-0.2, -0.15) is 0 Å². The van der Waals surface area contributed by atoms with Crippen LogP contribution in [0, 0.1) is 0 Å². The Balaban J connectivity index is 2.29. The summed E-state index contributed by atoms with van der Waals surface area (Å²) in [6.45, 7) is 7.49. The largest absolute Gasteiger partial charge is 0.454 e. The van der Waals surface area contributed by atoms with Crippen molar-refractivity contribution in [3.05, 3.63) is 18.2 Å². The first-order chi connectivity index (χ1) is 7.13. The zero-order valence-electron chi connectivity index (χ0n) is 9.37. The highest BCUT2D eigenvalue weighted by Gasteiger charge is 2.27. The van der Waals surface area contributed by atoms with E-state index in [0.29, 0.717) is 6.79 Å². The van der Waals surface area contributed by atoms with Crippen molar-refractivity contribution in [1.29, 1.82) is 0 Å². The first kappa shape index (κ1) is 10.5. The van der Waals surface area contributed by atoms with Crippen LogP contribution in [0.4, 0.5) is 0 Å². The van der Waals surface area contributed by atoms with Crippen molar-refractivity contribution >= 4 is 13.5 Å². The molecule has 0 saturated heterocycles. The SMILES string of the molecule is CCO[Si](C)(C)c1ccc2c(c1)OCO2. The van der Waals surface area contributed by atoms with Crippen molar-refractivity contribution in [1.82, 2.24) is 0 Å². The molecule has 2 rings (SSSR count). The molecule has 0 spiro atoms. The van der Waals surface area contributed by atoms with E-state index < -0.39 is 8.32 Å². The molecule has 0 bridgehead atoms. The molecule has 1 aliphatic rings. The molecule has 1 aliphatic heterocycles. The van der Waals surface area contributed by atoms with Gasteiger partial charge in [0.2, 0.25) is 15.1 Å². The number of hydrogen-bond donors (Lipinski definition) is 0. The Morgan fingerprint density at radius 3 is 2.73 bits per heavy atom. The molecular weight excluding hydrogens is 208 g/mol. The maximum atomic E-state index is 5.82. The van der Waals surface area contributed by atoms with Gasteiger partial charge in [-0.05, 0) is 37.3 Å². The second-order valence-corrected chi connectivity index (χ2v) is 7.90. The first-order valence-electron chi connectivity index (χ1n) is 5.17. The Hall–Kier alpha value is -1.00. The summed E-state index contributed by atoms with van der Waals surface area (Å²) in [6.07, 6.45) is 0. The van der Waals surface area contributed by atoms with Crippen LogP contribution < -0.4 is 14.7 Å². The molecule has 1 heterocycles. The van der Waals surface area contributed by atoms with Crippen LogP contribution in [-0.4, -0.2) is 21.7 Å². The molecule has 0 fully saturated rings. The zero-order valence-corrected chi connectivity index (χ0v) is 10.4. The van der Waals surface area contributed by atoms with Gasteiger partial charge in [0, 0.05) is 6.61 Å². The fourth-order valence-corrected chi connectivity index (χ4v) is 3.57. The van der Waals surface area contributed by atoms with Gasteiger partial charge in [-0.25, -0.2) is 0 Å². The van der Waals surface area contributed by atoms with Gasteiger partial charge >= 0.3 is 0 Å². The average molecular weight is 224 g/mol. The zero-order chi connectivity index (χ0) is 10.9. The van der Waals surface area contributed by atoms with Gasteiger partial charge < -0.3 is 13.9 Å². The molecule has 4 heteroatoms. The third-order valence-corrected chi connectivity index (χ3v) is 5.28. The molecule has 0 aromatic heterocycles. The lowest BCUT2D eigenvalue weighted by atomic mass is 10.3. The van der Waals surface area contributed by atoms with Gasteiger partial charge in [-0.15, -0.1) is 0 Å². The molecule has 0 saturated carbocycles. The Morgan fingerprint density at radius 2 is 2.00 bits per heavy atom. The third kappa shape index (κ3) is 2.01. The summed E-state index contributed by atoms with van der Waals surface area (Å²) in [5.74, 6) is 1.67. The maximum absolute atomic E-state index is 5.82. The molecule has 0 N–H and O–H groups in total. The molecular formula is C11H16O3Si. The minimum absolute atomic E-state index is 0.329. The highest BCUT2D eigenvalue weighted by molar-refractivity contribution is 6.84. The Labute approximate surface area is 91.1 Å². The van der Waals surface area contributed by atoms with E-state index in [-0.39, 0.29) is 0 Å². The highest BCUT2D eigenvalue weighted by Crippen LogP contribution is 2.30. The van der Waals surface area contributed by atoms with E-state index in [9.17, 15) is 0 Å². The van der Waals surface area contributed by atoms with Crippen LogP contribution >= 0.6 is 0 Å². The number of fused-ring (bicyclic) bond motifs is 1. The second-order valence-electron chi connectivity index (χ2n) is 4.01. The summed E-state index contributed by atoms with van der Waals surface area (Å²) >= 11 is 0. The summed E-state index contributed by atoms with van der Waals surface area (Å²) in [4.78, 5) is 0. The summed E-state index contributed by atoms with van der Waals surface area (Å²) < 4.78 is 16.5. The van der Waals surface area contributed by atoms with E-state index in [4.69, 9.17) is 13.9 Å². The molecule has 0 radical (unpaired) electrons. The molecule has 1 aromatic rings. The predicted octanol–water partition coefficient (Wildman–Crippen LogP) is 1.86. The lowest BCUT2D eigenvalue weighted by molar-refractivity contribution is 0.174. The van der Waals surface area contributed by atoms with Crippen molar-refractivity contribution in [3.8, 4) is 11.5 Å². The second kappa shape index (κ2) is 3.87. The summed E-state index contributed by atoms with van der Waals surface area (Å²) in [6, 6.07) is 6.09. The molecule has 15 heavy (non-hydrogen) atoms. The van der Waals surface area contributed by atoms with E-state index in [1.54, 1.807) is 0 Å². The van der Waals surface area contributed by atoms with Crippen LogP contribution in [0.1, 0.15) is 6.92 Å². The van der Waals surface area contributed by atoms with E-state index in [0.717, 1.165) is 18.1 Å². The fraction of sp³-hybridized carbons (Fsp3) is 0.455. The molecule has 0 amide bonds. The van der Waals surface area contributed by atoms with Crippen LogP contribution in [-0.2, 0) is 4.43 Å². The number of rotatable bonds is 3. The molecule has 3 nitrogen and oxygen atoms in total. The highest BCUT2D eigenvalue weighted by atomic mass is 28.4. The van der Waals surface area contributed by atoms with Crippen molar-refractivity contribution in [2.45, 2.75) is 20.0 Å². The standard InChI is InChI=1S/C11H16O3Si/c1-4-14-15(2,3)9-5-6-10-11(7-9)13-8-12-10/h5-7H,4,8H2,1-3H3. The normalized spacial score (nSPS) is 14.3. The maximum Gasteiger partial charge on any atom is 0.231 e. The number of hydrogen-bond acceptors (Lipinski definition) is 3. The van der Waals surface area contributed by atoms with Gasteiger partial charge in [0.15, 0.2) is 11.5 Å². The van der Waals surface area contributed by atoms with Gasteiger partial charge in [-0.1, -0.05) is 6.07 Å². The van der Waals surface area contributed by atoms with Crippen LogP contribution in [0.2, 0.25) is 13.1 Å². The summed E-state index contributed by atoms with van der Waals surface area (Å²) in [5.41, 5.74) is 0. The summed E-state index contributed by atoms with van der Waals surface area (Å²) in [7, 11) is -1.76. The van der Waals surface area contributed by atoms with Gasteiger partial charge in [0.05, 0.1) is 0 Å². The molecule has 0 aliphatic carbocycles. The lowest BCUT2D eigenvalue weighted by Gasteiger charge is -2.22. The monoisotopic (exact) mass is 224 g/mol. The fourth-order valence-electron chi connectivity index (χ4n) is 1.72. The Morgan fingerprint density at radius 1 is 1.27 bits per heavy atom. The van der Waals surface area contributed by atoms with E-state index >= 15 is 0 Å². The van der Waals surface area contributed by atoms with Crippen molar-refractivity contribution in [2.24, 2.45) is 0 Å². The lowest BCUT2D eigenvalue weighted by Crippen LogP contribution is -2.44. The van der Waals surface area contributed by atoms with E-state index in [1.165, 1.54) is 5.19 Å². The van der Waals surface area contributed by atoms with Crippen molar-refractivity contribution < 1.29 is 13.9 Å². The van der Waals surface area contributed by atoms with Crippen LogP contribution in [0.15, 0.2) is 18.2 Å². The Kier molecular flexibility index (Phi) is 2.71. The minimum atomic E-state index is -1.76. The van der Waals surface area contributed by atoms with Crippen LogP contribution in [0.5, 0.6) is 11.5 Å². The van der Waals surface area contributed by atoms with Gasteiger partial charge in [0.1, 0.15) is 0 Å². The quantitative estimate of drug-likeness (QED) is 0.734. The van der Waals surface area contributed by atoms with Crippen LogP contribution in [0.25, 0.3) is 0 Å². The van der Waals surface area contributed by atoms with Crippen molar-refractivity contribution in [3.63, 3.8) is 0 Å². The topological polar surface area (TPSA) is 27.7 Å². The number of ether oxygens (including phenoxy) is 2. The molecule has 82 valence electrons. The van der Waals surface area contributed by atoms with Gasteiger partial charge in [-0.3, -0.25) is 0 Å². The van der Waals surface area contributed by atoms with Gasteiger partial charge in [0.25, 0.3) is 0 Å². The Bertz CT molecular complexity index is 363. The third-order valence-electron chi connectivity index (χ3n) is 2.57. The molecule has 1 aromatic carbocycles. The molecule has 0 atom stereocenters.